The van der Waals surface area contributed by atoms with Crippen molar-refractivity contribution in [3.8, 4) is 0 Å². The van der Waals surface area contributed by atoms with Gasteiger partial charge in [-0.15, -0.1) is 15.3 Å². The third-order valence-electron chi connectivity index (χ3n) is 5.02. The minimum atomic E-state index is 0.259. The molecule has 1 fully saturated rings. The van der Waals surface area contributed by atoms with E-state index in [-0.39, 0.29) is 5.91 Å². The summed E-state index contributed by atoms with van der Waals surface area (Å²) in [6.07, 6.45) is 5.02. The van der Waals surface area contributed by atoms with Gasteiger partial charge in [0.2, 0.25) is 5.91 Å². The smallest absolute Gasteiger partial charge is 0.222 e. The highest BCUT2D eigenvalue weighted by Crippen LogP contribution is 2.15. The van der Waals surface area contributed by atoms with Crippen LogP contribution in [0.4, 0.5) is 5.82 Å². The van der Waals surface area contributed by atoms with Gasteiger partial charge in [-0.3, -0.25) is 4.79 Å². The molecule has 3 aromatic rings. The van der Waals surface area contributed by atoms with Crippen molar-refractivity contribution in [2.45, 2.75) is 25.7 Å². The van der Waals surface area contributed by atoms with Crippen LogP contribution in [0.25, 0.3) is 5.65 Å². The van der Waals surface area contributed by atoms with Crippen molar-refractivity contribution in [3.05, 3.63) is 54.4 Å². The second kappa shape index (κ2) is 8.16. The lowest BCUT2D eigenvalue weighted by Crippen LogP contribution is -2.35. The SMILES string of the molecule is O=C(CCCc1ccccc1)N1CCCN(c2ccc3nncn3n2)CC1. The van der Waals surface area contributed by atoms with Crippen LogP contribution in [-0.4, -0.2) is 56.8 Å². The van der Waals surface area contributed by atoms with Crippen molar-refractivity contribution in [2.24, 2.45) is 0 Å². The number of rotatable bonds is 5. The van der Waals surface area contributed by atoms with E-state index >= 15 is 0 Å². The van der Waals surface area contributed by atoms with Crippen molar-refractivity contribution in [2.75, 3.05) is 31.1 Å². The predicted octanol–water partition coefficient (Wildman–Crippen LogP) is 2.19. The molecule has 1 saturated heterocycles. The maximum absolute atomic E-state index is 12.6. The van der Waals surface area contributed by atoms with Gasteiger partial charge in [-0.05, 0) is 37.0 Å². The Morgan fingerprint density at radius 3 is 2.78 bits per heavy atom. The molecule has 0 atom stereocenters. The van der Waals surface area contributed by atoms with Crippen LogP contribution in [0.3, 0.4) is 0 Å². The fourth-order valence-corrected chi connectivity index (χ4v) is 3.53. The van der Waals surface area contributed by atoms with E-state index in [1.807, 2.05) is 35.2 Å². The predicted molar refractivity (Wildman–Crippen MR) is 104 cm³/mol. The summed E-state index contributed by atoms with van der Waals surface area (Å²) in [6.45, 7) is 3.25. The first-order valence-corrected chi connectivity index (χ1v) is 9.53. The van der Waals surface area contributed by atoms with Gasteiger partial charge in [0, 0.05) is 32.6 Å². The van der Waals surface area contributed by atoms with E-state index in [1.54, 1.807) is 10.8 Å². The van der Waals surface area contributed by atoms with Crippen molar-refractivity contribution in [1.82, 2.24) is 24.7 Å². The summed E-state index contributed by atoms with van der Waals surface area (Å²) in [5, 5.41) is 12.4. The molecular formula is C20H24N6O. The summed E-state index contributed by atoms with van der Waals surface area (Å²) in [5.41, 5.74) is 2.03. The highest BCUT2D eigenvalue weighted by Gasteiger charge is 2.20. The van der Waals surface area contributed by atoms with E-state index in [4.69, 9.17) is 0 Å². The molecule has 0 N–H and O–H groups in total. The first-order chi connectivity index (χ1) is 13.3. The molecule has 0 spiro atoms. The van der Waals surface area contributed by atoms with Crippen LogP contribution in [0, 0.1) is 0 Å². The molecule has 140 valence electrons. The standard InChI is InChI=1S/C20H24N6O/c27-20(9-4-8-17-6-2-1-3-7-17)25-13-5-12-24(14-15-25)19-11-10-18-22-21-16-26(18)23-19/h1-3,6-7,10-11,16H,4-5,8-9,12-15H2. The summed E-state index contributed by atoms with van der Waals surface area (Å²) in [7, 11) is 0. The van der Waals surface area contributed by atoms with Gasteiger partial charge in [-0.25, -0.2) is 0 Å². The molecule has 0 saturated carbocycles. The Morgan fingerprint density at radius 1 is 1.00 bits per heavy atom. The van der Waals surface area contributed by atoms with Gasteiger partial charge in [0.15, 0.2) is 5.65 Å². The summed E-state index contributed by atoms with van der Waals surface area (Å²) >= 11 is 0. The fraction of sp³-hybridized carbons (Fsp3) is 0.400. The maximum Gasteiger partial charge on any atom is 0.222 e. The normalized spacial score (nSPS) is 15.1. The highest BCUT2D eigenvalue weighted by atomic mass is 16.2. The lowest BCUT2D eigenvalue weighted by Gasteiger charge is -2.22. The second-order valence-corrected chi connectivity index (χ2v) is 6.89. The van der Waals surface area contributed by atoms with E-state index in [0.29, 0.717) is 6.42 Å². The summed E-state index contributed by atoms with van der Waals surface area (Å²) in [5.74, 6) is 1.16. The lowest BCUT2D eigenvalue weighted by molar-refractivity contribution is -0.131. The monoisotopic (exact) mass is 364 g/mol. The molecule has 1 amide bonds. The molecular weight excluding hydrogens is 340 g/mol. The number of amides is 1. The Kier molecular flexibility index (Phi) is 5.27. The lowest BCUT2D eigenvalue weighted by atomic mass is 10.1. The van der Waals surface area contributed by atoms with Gasteiger partial charge in [-0.2, -0.15) is 4.52 Å². The maximum atomic E-state index is 12.6. The minimum absolute atomic E-state index is 0.259. The number of fused-ring (bicyclic) bond motifs is 1. The third-order valence-corrected chi connectivity index (χ3v) is 5.02. The number of aromatic nitrogens is 4. The molecule has 1 aliphatic heterocycles. The average Bonchev–Trinajstić information content (AvgIpc) is 3.03. The average molecular weight is 364 g/mol. The zero-order valence-electron chi connectivity index (χ0n) is 15.4. The molecule has 7 nitrogen and oxygen atoms in total. The molecule has 27 heavy (non-hydrogen) atoms. The topological polar surface area (TPSA) is 66.6 Å². The number of hydrogen-bond acceptors (Lipinski definition) is 5. The van der Waals surface area contributed by atoms with E-state index in [1.165, 1.54) is 5.56 Å². The Bertz CT molecular complexity index is 894. The summed E-state index contributed by atoms with van der Waals surface area (Å²) < 4.78 is 1.69. The largest absolute Gasteiger partial charge is 0.353 e. The van der Waals surface area contributed by atoms with Gasteiger partial charge in [0.1, 0.15) is 12.1 Å². The van der Waals surface area contributed by atoms with Crippen molar-refractivity contribution in [1.29, 1.82) is 0 Å². The molecule has 0 radical (unpaired) electrons. The molecule has 2 aromatic heterocycles. The zero-order valence-corrected chi connectivity index (χ0v) is 15.4. The number of nitrogens with zero attached hydrogens (tertiary/aromatic N) is 6. The fourth-order valence-electron chi connectivity index (χ4n) is 3.53. The van der Waals surface area contributed by atoms with E-state index in [0.717, 1.165) is 56.9 Å². The molecule has 3 heterocycles. The van der Waals surface area contributed by atoms with Crippen LogP contribution < -0.4 is 4.90 Å². The van der Waals surface area contributed by atoms with Gasteiger partial charge in [-0.1, -0.05) is 30.3 Å². The number of anilines is 1. The molecule has 4 rings (SSSR count). The van der Waals surface area contributed by atoms with Gasteiger partial charge in [0.25, 0.3) is 0 Å². The second-order valence-electron chi connectivity index (χ2n) is 6.89. The molecule has 7 heteroatoms. The van der Waals surface area contributed by atoms with Crippen LogP contribution in [0.5, 0.6) is 0 Å². The quantitative estimate of drug-likeness (QED) is 0.694. The van der Waals surface area contributed by atoms with Crippen molar-refractivity contribution < 1.29 is 4.79 Å². The van der Waals surface area contributed by atoms with Crippen molar-refractivity contribution in [3.63, 3.8) is 0 Å². The van der Waals surface area contributed by atoms with Gasteiger partial charge in [0.05, 0.1) is 0 Å². The van der Waals surface area contributed by atoms with Gasteiger partial charge >= 0.3 is 0 Å². The number of benzene rings is 1. The first-order valence-electron chi connectivity index (χ1n) is 9.53. The minimum Gasteiger partial charge on any atom is -0.353 e. The van der Waals surface area contributed by atoms with Gasteiger partial charge < -0.3 is 9.80 Å². The van der Waals surface area contributed by atoms with E-state index in [9.17, 15) is 4.79 Å². The number of hydrogen-bond donors (Lipinski definition) is 0. The summed E-state index contributed by atoms with van der Waals surface area (Å²) in [6, 6.07) is 14.3. The molecule has 0 bridgehead atoms. The third kappa shape index (κ3) is 4.24. The zero-order chi connectivity index (χ0) is 18.5. The molecule has 1 aliphatic rings. The summed E-state index contributed by atoms with van der Waals surface area (Å²) in [4.78, 5) is 16.8. The van der Waals surface area contributed by atoms with E-state index < -0.39 is 0 Å². The molecule has 0 aliphatic carbocycles. The Morgan fingerprint density at radius 2 is 1.89 bits per heavy atom. The van der Waals surface area contributed by atoms with Crippen LogP contribution in [0.15, 0.2) is 48.8 Å². The Labute approximate surface area is 158 Å². The van der Waals surface area contributed by atoms with Crippen LogP contribution in [-0.2, 0) is 11.2 Å². The first kappa shape index (κ1) is 17.5. The Hall–Kier alpha value is -2.96. The van der Waals surface area contributed by atoms with E-state index in [2.05, 4.69) is 32.3 Å². The van der Waals surface area contributed by atoms with Crippen LogP contribution in [0.1, 0.15) is 24.8 Å². The number of carbonyl (C=O) groups is 1. The molecule has 0 unspecified atom stereocenters. The number of carbonyl (C=O) groups excluding carboxylic acids is 1. The van der Waals surface area contributed by atoms with Crippen molar-refractivity contribution >= 4 is 17.4 Å². The number of aryl methyl sites for hydroxylation is 1. The van der Waals surface area contributed by atoms with Crippen LogP contribution >= 0.6 is 0 Å². The highest BCUT2D eigenvalue weighted by molar-refractivity contribution is 5.76. The Balaban J connectivity index is 1.30. The van der Waals surface area contributed by atoms with Crippen LogP contribution in [0.2, 0.25) is 0 Å². The molecule has 1 aromatic carbocycles.